The highest BCUT2D eigenvalue weighted by molar-refractivity contribution is 6.07. The summed E-state index contributed by atoms with van der Waals surface area (Å²) in [7, 11) is 0. The second-order valence-electron chi connectivity index (χ2n) is 4.28. The summed E-state index contributed by atoms with van der Waals surface area (Å²) in [5.74, 6) is 4.91. The number of aryl methyl sites for hydroxylation is 1. The molecule has 1 aromatic carbocycles. The highest BCUT2D eigenvalue weighted by atomic mass is 16.6. The van der Waals surface area contributed by atoms with Crippen LogP contribution in [-0.4, -0.2) is 15.8 Å². The molecule has 1 amide bonds. The standard InChI is InChI=1S/C13H13N5O3/c1-8-6-9(2-3-12(8)18(20)21)16-13(19)10-7-15-5-4-11(10)17-14/h2-7H,14H2,1H3,(H,15,17)(H,16,19). The molecule has 0 aliphatic heterocycles. The van der Waals surface area contributed by atoms with E-state index in [1.54, 1.807) is 13.0 Å². The van der Waals surface area contributed by atoms with Crippen molar-refractivity contribution in [3.05, 3.63) is 57.9 Å². The van der Waals surface area contributed by atoms with Crippen LogP contribution in [0.3, 0.4) is 0 Å². The summed E-state index contributed by atoms with van der Waals surface area (Å²) in [6.07, 6.45) is 2.88. The average Bonchev–Trinajstić information content (AvgIpc) is 2.46. The van der Waals surface area contributed by atoms with Crippen molar-refractivity contribution in [2.45, 2.75) is 6.92 Å². The van der Waals surface area contributed by atoms with E-state index in [4.69, 9.17) is 5.84 Å². The quantitative estimate of drug-likeness (QED) is 0.448. The Balaban J connectivity index is 2.24. The molecule has 21 heavy (non-hydrogen) atoms. The van der Waals surface area contributed by atoms with Gasteiger partial charge in [-0.25, -0.2) is 0 Å². The van der Waals surface area contributed by atoms with Crippen LogP contribution < -0.4 is 16.6 Å². The number of aromatic nitrogens is 1. The van der Waals surface area contributed by atoms with Gasteiger partial charge in [0.15, 0.2) is 0 Å². The molecule has 0 saturated heterocycles. The number of anilines is 2. The Morgan fingerprint density at radius 3 is 2.76 bits per heavy atom. The number of carbonyl (C=O) groups is 1. The first-order chi connectivity index (χ1) is 10.0. The first-order valence-electron chi connectivity index (χ1n) is 6.00. The number of nitrogens with two attached hydrogens (primary N) is 1. The number of nitrogens with zero attached hydrogens (tertiary/aromatic N) is 2. The molecule has 0 bridgehead atoms. The highest BCUT2D eigenvalue weighted by Crippen LogP contribution is 2.22. The van der Waals surface area contributed by atoms with Gasteiger partial charge in [-0.1, -0.05) is 0 Å². The summed E-state index contributed by atoms with van der Waals surface area (Å²) in [6, 6.07) is 5.91. The van der Waals surface area contributed by atoms with Gasteiger partial charge in [0, 0.05) is 29.7 Å². The van der Waals surface area contributed by atoms with Crippen molar-refractivity contribution in [1.82, 2.24) is 4.98 Å². The molecule has 108 valence electrons. The third-order valence-corrected chi connectivity index (χ3v) is 2.87. The normalized spacial score (nSPS) is 10.0. The van der Waals surface area contributed by atoms with E-state index in [1.165, 1.54) is 30.6 Å². The highest BCUT2D eigenvalue weighted by Gasteiger charge is 2.14. The molecular weight excluding hydrogens is 274 g/mol. The van der Waals surface area contributed by atoms with Crippen LogP contribution in [0.15, 0.2) is 36.7 Å². The maximum absolute atomic E-state index is 12.1. The Hall–Kier alpha value is -3.00. The van der Waals surface area contributed by atoms with Crippen molar-refractivity contribution in [2.24, 2.45) is 5.84 Å². The lowest BCUT2D eigenvalue weighted by atomic mass is 10.1. The molecule has 1 heterocycles. The number of rotatable bonds is 4. The van der Waals surface area contributed by atoms with Gasteiger partial charge in [0.1, 0.15) is 0 Å². The summed E-state index contributed by atoms with van der Waals surface area (Å²) in [4.78, 5) is 26.3. The Bertz CT molecular complexity index is 702. The first kappa shape index (κ1) is 14.4. The number of nitro groups is 1. The third-order valence-electron chi connectivity index (χ3n) is 2.87. The maximum Gasteiger partial charge on any atom is 0.272 e. The first-order valence-corrected chi connectivity index (χ1v) is 6.00. The number of nitrogens with one attached hydrogen (secondary N) is 2. The fourth-order valence-corrected chi connectivity index (χ4v) is 1.84. The van der Waals surface area contributed by atoms with Crippen LogP contribution in [-0.2, 0) is 0 Å². The number of hydrazine groups is 1. The lowest BCUT2D eigenvalue weighted by molar-refractivity contribution is -0.385. The number of nitro benzene ring substituents is 1. The third kappa shape index (κ3) is 3.12. The van der Waals surface area contributed by atoms with E-state index < -0.39 is 10.8 Å². The van der Waals surface area contributed by atoms with E-state index >= 15 is 0 Å². The number of nitrogen functional groups attached to an aromatic ring is 1. The number of pyridine rings is 1. The maximum atomic E-state index is 12.1. The average molecular weight is 287 g/mol. The number of amides is 1. The predicted octanol–water partition coefficient (Wildman–Crippen LogP) is 1.84. The van der Waals surface area contributed by atoms with Crippen molar-refractivity contribution in [3.8, 4) is 0 Å². The Labute approximate surface area is 120 Å². The Morgan fingerprint density at radius 2 is 2.14 bits per heavy atom. The van der Waals surface area contributed by atoms with Crippen LogP contribution in [0.5, 0.6) is 0 Å². The zero-order chi connectivity index (χ0) is 15.4. The fourth-order valence-electron chi connectivity index (χ4n) is 1.84. The minimum absolute atomic E-state index is 0.00121. The SMILES string of the molecule is Cc1cc(NC(=O)c2cnccc2NN)ccc1[N+](=O)[O-]. The molecule has 0 atom stereocenters. The fraction of sp³-hybridized carbons (Fsp3) is 0.0769. The van der Waals surface area contributed by atoms with Crippen LogP contribution in [0, 0.1) is 17.0 Å². The van der Waals surface area contributed by atoms with E-state index in [0.717, 1.165) is 0 Å². The van der Waals surface area contributed by atoms with E-state index in [-0.39, 0.29) is 11.3 Å². The van der Waals surface area contributed by atoms with Gasteiger partial charge in [-0.15, -0.1) is 0 Å². The Kier molecular flexibility index (Phi) is 4.10. The van der Waals surface area contributed by atoms with Gasteiger partial charge >= 0.3 is 0 Å². The molecule has 0 fully saturated rings. The number of carbonyl (C=O) groups excluding carboxylic acids is 1. The minimum Gasteiger partial charge on any atom is -0.323 e. The smallest absolute Gasteiger partial charge is 0.272 e. The number of hydrogen-bond donors (Lipinski definition) is 3. The van der Waals surface area contributed by atoms with Gasteiger partial charge < -0.3 is 10.7 Å². The molecule has 2 aromatic rings. The molecule has 0 radical (unpaired) electrons. The number of benzene rings is 1. The summed E-state index contributed by atoms with van der Waals surface area (Å²) in [6.45, 7) is 1.60. The van der Waals surface area contributed by atoms with Crippen LogP contribution in [0.1, 0.15) is 15.9 Å². The summed E-state index contributed by atoms with van der Waals surface area (Å²) in [5, 5.41) is 13.4. The summed E-state index contributed by atoms with van der Waals surface area (Å²) < 4.78 is 0. The topological polar surface area (TPSA) is 123 Å². The minimum atomic E-state index is -0.474. The second kappa shape index (κ2) is 5.97. The van der Waals surface area contributed by atoms with Crippen LogP contribution in [0.25, 0.3) is 0 Å². The van der Waals surface area contributed by atoms with Crippen molar-refractivity contribution in [3.63, 3.8) is 0 Å². The van der Waals surface area contributed by atoms with Crippen molar-refractivity contribution in [2.75, 3.05) is 10.7 Å². The molecule has 0 saturated carbocycles. The van der Waals surface area contributed by atoms with Crippen molar-refractivity contribution in [1.29, 1.82) is 0 Å². The van der Waals surface area contributed by atoms with Gasteiger partial charge in [-0.3, -0.25) is 25.7 Å². The van der Waals surface area contributed by atoms with E-state index in [1.807, 2.05) is 0 Å². The molecule has 2 rings (SSSR count). The number of hydrogen-bond acceptors (Lipinski definition) is 6. The van der Waals surface area contributed by atoms with E-state index in [0.29, 0.717) is 16.9 Å². The summed E-state index contributed by atoms with van der Waals surface area (Å²) >= 11 is 0. The summed E-state index contributed by atoms with van der Waals surface area (Å²) in [5.41, 5.74) is 4.03. The van der Waals surface area contributed by atoms with Gasteiger partial charge in [0.25, 0.3) is 11.6 Å². The van der Waals surface area contributed by atoms with Crippen molar-refractivity contribution < 1.29 is 9.72 Å². The lowest BCUT2D eigenvalue weighted by Crippen LogP contribution is -2.17. The largest absolute Gasteiger partial charge is 0.323 e. The molecule has 1 aromatic heterocycles. The van der Waals surface area contributed by atoms with Gasteiger partial charge in [-0.05, 0) is 25.1 Å². The van der Waals surface area contributed by atoms with E-state index in [2.05, 4.69) is 15.7 Å². The lowest BCUT2D eigenvalue weighted by Gasteiger charge is -2.09. The monoisotopic (exact) mass is 287 g/mol. The van der Waals surface area contributed by atoms with Gasteiger partial charge in [0.05, 0.1) is 16.2 Å². The predicted molar refractivity (Wildman–Crippen MR) is 77.8 cm³/mol. The second-order valence-corrected chi connectivity index (χ2v) is 4.28. The molecule has 0 unspecified atom stereocenters. The van der Waals surface area contributed by atoms with Crippen LogP contribution in [0.4, 0.5) is 17.1 Å². The zero-order valence-electron chi connectivity index (χ0n) is 11.2. The molecule has 0 aliphatic rings. The van der Waals surface area contributed by atoms with Crippen LogP contribution >= 0.6 is 0 Å². The van der Waals surface area contributed by atoms with E-state index in [9.17, 15) is 14.9 Å². The van der Waals surface area contributed by atoms with Gasteiger partial charge in [0.2, 0.25) is 0 Å². The van der Waals surface area contributed by atoms with Crippen molar-refractivity contribution >= 4 is 23.0 Å². The van der Waals surface area contributed by atoms with Gasteiger partial charge in [-0.2, -0.15) is 0 Å². The molecular formula is C13H13N5O3. The van der Waals surface area contributed by atoms with Crippen LogP contribution in [0.2, 0.25) is 0 Å². The molecule has 0 aliphatic carbocycles. The molecule has 8 heteroatoms. The molecule has 8 nitrogen and oxygen atoms in total. The molecule has 4 N–H and O–H groups in total. The Morgan fingerprint density at radius 1 is 1.38 bits per heavy atom. The zero-order valence-corrected chi connectivity index (χ0v) is 11.2. The molecule has 0 spiro atoms.